The highest BCUT2D eigenvalue weighted by Crippen LogP contribution is 2.31. The Morgan fingerprint density at radius 1 is 1.16 bits per heavy atom. The van der Waals surface area contributed by atoms with Gasteiger partial charge in [0.25, 0.3) is 5.89 Å². The van der Waals surface area contributed by atoms with Gasteiger partial charge in [-0.1, -0.05) is 23.4 Å². The van der Waals surface area contributed by atoms with E-state index in [1.165, 1.54) is 0 Å². The summed E-state index contributed by atoms with van der Waals surface area (Å²) in [6, 6.07) is 10.6. The molecule has 4 rings (SSSR count). The zero-order valence-corrected chi connectivity index (χ0v) is 14.6. The summed E-state index contributed by atoms with van der Waals surface area (Å²) in [6.07, 6.45) is 4.51. The summed E-state index contributed by atoms with van der Waals surface area (Å²) < 4.78 is 5.43. The summed E-state index contributed by atoms with van der Waals surface area (Å²) in [5.41, 5.74) is 0.942. The quantitative estimate of drug-likeness (QED) is 0.856. The zero-order chi connectivity index (χ0) is 17.2. The van der Waals surface area contributed by atoms with Gasteiger partial charge in [-0.15, -0.1) is 0 Å². The van der Waals surface area contributed by atoms with Crippen LogP contribution in [0.1, 0.15) is 38.4 Å². The molecule has 2 fully saturated rings. The third-order valence-corrected chi connectivity index (χ3v) is 5.40. The zero-order valence-electron chi connectivity index (χ0n) is 14.6. The number of hydrogen-bond acceptors (Lipinski definition) is 5. The van der Waals surface area contributed by atoms with Gasteiger partial charge < -0.3 is 9.42 Å². The molecular weight excluding hydrogens is 316 g/mol. The first kappa shape index (κ1) is 16.3. The van der Waals surface area contributed by atoms with Crippen LogP contribution in [0.15, 0.2) is 34.9 Å². The van der Waals surface area contributed by atoms with Crippen molar-refractivity contribution in [1.82, 2.24) is 19.9 Å². The second-order valence-electron chi connectivity index (χ2n) is 6.98. The second-order valence-corrected chi connectivity index (χ2v) is 6.98. The third-order valence-electron chi connectivity index (χ3n) is 5.40. The maximum absolute atomic E-state index is 11.9. The molecule has 2 aliphatic heterocycles. The molecular formula is C19H24N4O2. The van der Waals surface area contributed by atoms with Crippen molar-refractivity contribution in [1.29, 1.82) is 0 Å². The average Bonchev–Trinajstić information content (AvgIpc) is 3.36. The van der Waals surface area contributed by atoms with E-state index in [1.54, 1.807) is 6.92 Å². The molecule has 0 unspecified atom stereocenters. The summed E-state index contributed by atoms with van der Waals surface area (Å²) in [5, 5.41) is 4.16. The van der Waals surface area contributed by atoms with Gasteiger partial charge in [0, 0.05) is 31.1 Å². The van der Waals surface area contributed by atoms with Crippen molar-refractivity contribution < 1.29 is 9.32 Å². The number of hydrogen-bond donors (Lipinski definition) is 0. The lowest BCUT2D eigenvalue weighted by Gasteiger charge is -2.34. The summed E-state index contributed by atoms with van der Waals surface area (Å²) in [7, 11) is 0. The van der Waals surface area contributed by atoms with Crippen molar-refractivity contribution in [2.45, 2.75) is 51.2 Å². The van der Waals surface area contributed by atoms with Gasteiger partial charge in [-0.05, 0) is 44.4 Å². The molecule has 1 aromatic carbocycles. The monoisotopic (exact) mass is 340 g/mol. The molecule has 0 radical (unpaired) electrons. The van der Waals surface area contributed by atoms with E-state index < -0.39 is 0 Å². The lowest BCUT2D eigenvalue weighted by atomic mass is 10.0. The maximum Gasteiger partial charge on any atom is 0.257 e. The molecule has 6 heteroatoms. The first-order chi connectivity index (χ1) is 12.2. The van der Waals surface area contributed by atoms with E-state index in [4.69, 9.17) is 4.52 Å². The van der Waals surface area contributed by atoms with Crippen LogP contribution >= 0.6 is 0 Å². The Morgan fingerprint density at radius 2 is 1.92 bits per heavy atom. The van der Waals surface area contributed by atoms with Crippen LogP contribution in [-0.4, -0.2) is 51.0 Å². The second kappa shape index (κ2) is 6.96. The Kier molecular flexibility index (Phi) is 4.53. The first-order valence-corrected chi connectivity index (χ1v) is 9.11. The molecule has 3 heterocycles. The van der Waals surface area contributed by atoms with Crippen LogP contribution in [-0.2, 0) is 11.3 Å². The third kappa shape index (κ3) is 3.31. The van der Waals surface area contributed by atoms with E-state index in [2.05, 4.69) is 19.9 Å². The Balaban J connectivity index is 1.47. The van der Waals surface area contributed by atoms with Crippen LogP contribution < -0.4 is 0 Å². The number of likely N-dealkylation sites (tertiary alicyclic amines) is 2. The number of rotatable bonds is 4. The molecule has 0 saturated carbocycles. The Bertz CT molecular complexity index is 730. The van der Waals surface area contributed by atoms with Crippen molar-refractivity contribution in [3.63, 3.8) is 0 Å². The number of carbonyl (C=O) groups excluding carboxylic acids is 1. The highest BCUT2D eigenvalue weighted by molar-refractivity contribution is 5.74. The number of amides is 1. The van der Waals surface area contributed by atoms with Crippen molar-refractivity contribution in [3.05, 3.63) is 36.2 Å². The highest BCUT2D eigenvalue weighted by Gasteiger charge is 2.39. The first-order valence-electron chi connectivity index (χ1n) is 9.11. The largest absolute Gasteiger partial charge is 0.338 e. The van der Waals surface area contributed by atoms with E-state index in [0.29, 0.717) is 24.5 Å². The van der Waals surface area contributed by atoms with Crippen LogP contribution in [0.5, 0.6) is 0 Å². The van der Waals surface area contributed by atoms with Crippen molar-refractivity contribution >= 4 is 5.91 Å². The van der Waals surface area contributed by atoms with Crippen LogP contribution in [0.25, 0.3) is 11.5 Å². The normalized spacial score (nSPS) is 24.1. The fourth-order valence-corrected chi connectivity index (χ4v) is 4.27. The molecule has 2 atom stereocenters. The molecule has 1 amide bonds. The fourth-order valence-electron chi connectivity index (χ4n) is 4.27. The van der Waals surface area contributed by atoms with Gasteiger partial charge in [-0.25, -0.2) is 0 Å². The average molecular weight is 340 g/mol. The molecule has 0 aliphatic carbocycles. The van der Waals surface area contributed by atoms with Gasteiger partial charge in [0.15, 0.2) is 5.82 Å². The van der Waals surface area contributed by atoms with Crippen LogP contribution in [0, 0.1) is 0 Å². The lowest BCUT2D eigenvalue weighted by Crippen LogP contribution is -2.47. The van der Waals surface area contributed by atoms with Gasteiger partial charge in [0.1, 0.15) is 0 Å². The van der Waals surface area contributed by atoms with Crippen molar-refractivity contribution in [2.75, 3.05) is 13.1 Å². The minimum absolute atomic E-state index is 0.195. The van der Waals surface area contributed by atoms with Crippen LogP contribution in [0.4, 0.5) is 0 Å². The number of aromatic nitrogens is 2. The van der Waals surface area contributed by atoms with Gasteiger partial charge in [0.05, 0.1) is 6.54 Å². The summed E-state index contributed by atoms with van der Waals surface area (Å²) >= 11 is 0. The number of benzene rings is 1. The molecule has 2 aliphatic rings. The van der Waals surface area contributed by atoms with E-state index in [0.717, 1.165) is 50.2 Å². The molecule has 132 valence electrons. The molecule has 25 heavy (non-hydrogen) atoms. The number of nitrogens with zero attached hydrogens (tertiary/aromatic N) is 4. The minimum Gasteiger partial charge on any atom is -0.338 e. The lowest BCUT2D eigenvalue weighted by molar-refractivity contribution is -0.130. The Morgan fingerprint density at radius 3 is 2.72 bits per heavy atom. The predicted octanol–water partition coefficient (Wildman–Crippen LogP) is 2.71. The molecule has 2 saturated heterocycles. The summed E-state index contributed by atoms with van der Waals surface area (Å²) in [5.74, 6) is 1.48. The maximum atomic E-state index is 11.9. The van der Waals surface area contributed by atoms with E-state index in [-0.39, 0.29) is 5.91 Å². The van der Waals surface area contributed by atoms with E-state index >= 15 is 0 Å². The molecule has 2 aromatic rings. The smallest absolute Gasteiger partial charge is 0.257 e. The molecule has 6 nitrogen and oxygen atoms in total. The van der Waals surface area contributed by atoms with Crippen LogP contribution in [0.2, 0.25) is 0 Å². The van der Waals surface area contributed by atoms with E-state index in [1.807, 2.05) is 30.3 Å². The predicted molar refractivity (Wildman–Crippen MR) is 93.6 cm³/mol. The van der Waals surface area contributed by atoms with Gasteiger partial charge in [-0.3, -0.25) is 9.69 Å². The molecule has 0 bridgehead atoms. The van der Waals surface area contributed by atoms with Gasteiger partial charge in [-0.2, -0.15) is 4.98 Å². The van der Waals surface area contributed by atoms with Gasteiger partial charge >= 0.3 is 0 Å². The standard InChI is InChI=1S/C19H24N4O2/c1-14(24)23-12-6-10-17(23)16-9-5-11-22(16)13-18-20-19(25-21-18)15-7-3-2-4-8-15/h2-4,7-8,16-17H,5-6,9-13H2,1H3/t16-,17+/m0/s1. The summed E-state index contributed by atoms with van der Waals surface area (Å²) in [6.45, 7) is 4.29. The molecule has 1 aromatic heterocycles. The fraction of sp³-hybridized carbons (Fsp3) is 0.526. The minimum atomic E-state index is 0.195. The Labute approximate surface area is 147 Å². The van der Waals surface area contributed by atoms with Crippen molar-refractivity contribution in [2.24, 2.45) is 0 Å². The van der Waals surface area contributed by atoms with E-state index in [9.17, 15) is 4.79 Å². The molecule has 0 N–H and O–H groups in total. The summed E-state index contributed by atoms with van der Waals surface area (Å²) in [4.78, 5) is 20.9. The van der Waals surface area contributed by atoms with Crippen molar-refractivity contribution in [3.8, 4) is 11.5 Å². The van der Waals surface area contributed by atoms with Crippen LogP contribution in [0.3, 0.4) is 0 Å². The Hall–Kier alpha value is -2.21. The topological polar surface area (TPSA) is 62.5 Å². The van der Waals surface area contributed by atoms with Gasteiger partial charge in [0.2, 0.25) is 5.91 Å². The SMILES string of the molecule is CC(=O)N1CCC[C@@H]1[C@@H]1CCCN1Cc1noc(-c2ccccc2)n1. The molecule has 0 spiro atoms. The number of carbonyl (C=O) groups is 1. The highest BCUT2D eigenvalue weighted by atomic mass is 16.5.